The molecule has 0 saturated carbocycles. The number of carbonyl (C=O) groups excluding carboxylic acids is 2. The van der Waals surface area contributed by atoms with E-state index in [1.807, 2.05) is 0 Å². The molecule has 0 fully saturated rings. The molecule has 1 atom stereocenters. The molecule has 0 unspecified atom stereocenters. The number of hydrogen-bond donors (Lipinski definition) is 2. The smallest absolute Gasteiger partial charge is 0.416 e. The third-order valence-corrected chi connectivity index (χ3v) is 5.40. The van der Waals surface area contributed by atoms with Crippen molar-refractivity contribution < 1.29 is 27.5 Å². The van der Waals surface area contributed by atoms with Crippen LogP contribution in [-0.2, 0) is 17.5 Å². The summed E-state index contributed by atoms with van der Waals surface area (Å²) in [5, 5.41) is 12.7. The number of ether oxygens (including phenoxy) is 1. The standard InChI is InChI=1S/C26H26ClF3N4O3/c1-15(33-23(35)19-11-22(27)34-32-14-19)16-5-7-17(8-6-16)21-12-20(26(28,29)30)10-9-18(21)13-31-24(36)37-25(2,3)4/h5-12,14-15H,13H2,1-4H3,(H,31,36)(H,33,35)/t15-/m1/s1. The average Bonchev–Trinajstić information content (AvgIpc) is 2.81. The number of aromatic nitrogens is 2. The van der Waals surface area contributed by atoms with E-state index in [1.165, 1.54) is 18.3 Å². The summed E-state index contributed by atoms with van der Waals surface area (Å²) in [6.45, 7) is 6.88. The molecule has 2 amide bonds. The Balaban J connectivity index is 1.82. The van der Waals surface area contributed by atoms with E-state index in [9.17, 15) is 22.8 Å². The van der Waals surface area contributed by atoms with Gasteiger partial charge >= 0.3 is 12.3 Å². The molecule has 37 heavy (non-hydrogen) atoms. The number of amides is 2. The Morgan fingerprint density at radius 3 is 2.32 bits per heavy atom. The van der Waals surface area contributed by atoms with Crippen LogP contribution in [-0.4, -0.2) is 27.8 Å². The van der Waals surface area contributed by atoms with Gasteiger partial charge in [0, 0.05) is 6.54 Å². The summed E-state index contributed by atoms with van der Waals surface area (Å²) in [5.74, 6) is -0.401. The summed E-state index contributed by atoms with van der Waals surface area (Å²) in [7, 11) is 0. The fraction of sp³-hybridized carbons (Fsp3) is 0.308. The summed E-state index contributed by atoms with van der Waals surface area (Å²) < 4.78 is 45.5. The maximum atomic E-state index is 13.4. The number of nitrogens with one attached hydrogen (secondary N) is 2. The lowest BCUT2D eigenvalue weighted by molar-refractivity contribution is -0.137. The minimum absolute atomic E-state index is 0.0286. The Kier molecular flexibility index (Phi) is 8.42. The lowest BCUT2D eigenvalue weighted by atomic mass is 9.95. The van der Waals surface area contributed by atoms with Gasteiger partial charge in [0.2, 0.25) is 0 Å². The summed E-state index contributed by atoms with van der Waals surface area (Å²) in [4.78, 5) is 24.5. The minimum Gasteiger partial charge on any atom is -0.444 e. The highest BCUT2D eigenvalue weighted by Gasteiger charge is 2.31. The summed E-state index contributed by atoms with van der Waals surface area (Å²) in [6.07, 6.45) is -3.92. The van der Waals surface area contributed by atoms with Gasteiger partial charge in [-0.2, -0.15) is 18.3 Å². The van der Waals surface area contributed by atoms with Crippen molar-refractivity contribution in [3.8, 4) is 11.1 Å². The molecule has 3 rings (SSSR count). The SMILES string of the molecule is C[C@@H](NC(=O)c1cnnc(Cl)c1)c1ccc(-c2cc(C(F)(F)F)ccc2CNC(=O)OC(C)(C)C)cc1. The van der Waals surface area contributed by atoms with Crippen molar-refractivity contribution in [1.29, 1.82) is 0 Å². The van der Waals surface area contributed by atoms with E-state index in [1.54, 1.807) is 52.0 Å². The van der Waals surface area contributed by atoms with Crippen LogP contribution in [0.5, 0.6) is 0 Å². The Labute approximate surface area is 217 Å². The van der Waals surface area contributed by atoms with E-state index in [-0.39, 0.29) is 17.3 Å². The van der Waals surface area contributed by atoms with E-state index >= 15 is 0 Å². The van der Waals surface area contributed by atoms with Gasteiger partial charge in [0.05, 0.1) is 23.4 Å². The zero-order valence-corrected chi connectivity index (χ0v) is 21.4. The van der Waals surface area contributed by atoms with Crippen LogP contribution in [0.2, 0.25) is 5.15 Å². The zero-order valence-electron chi connectivity index (χ0n) is 20.6. The largest absolute Gasteiger partial charge is 0.444 e. The van der Waals surface area contributed by atoms with Gasteiger partial charge in [-0.25, -0.2) is 4.79 Å². The van der Waals surface area contributed by atoms with Crippen LogP contribution < -0.4 is 10.6 Å². The van der Waals surface area contributed by atoms with Crippen LogP contribution >= 0.6 is 11.6 Å². The first kappa shape index (κ1) is 27.9. The second-order valence-electron chi connectivity index (χ2n) is 9.31. The number of nitrogens with zero attached hydrogens (tertiary/aromatic N) is 2. The molecule has 0 aliphatic heterocycles. The Hall–Kier alpha value is -3.66. The van der Waals surface area contributed by atoms with Gasteiger partial charge in [-0.15, -0.1) is 5.10 Å². The van der Waals surface area contributed by atoms with Crippen molar-refractivity contribution in [2.24, 2.45) is 0 Å². The summed E-state index contributed by atoms with van der Waals surface area (Å²) >= 11 is 5.78. The number of carbonyl (C=O) groups is 2. The van der Waals surface area contributed by atoms with E-state index in [0.29, 0.717) is 16.7 Å². The molecule has 0 radical (unpaired) electrons. The fourth-order valence-electron chi connectivity index (χ4n) is 3.44. The first-order valence-corrected chi connectivity index (χ1v) is 11.7. The predicted molar refractivity (Wildman–Crippen MR) is 133 cm³/mol. The van der Waals surface area contributed by atoms with Crippen LogP contribution in [0, 0.1) is 0 Å². The second kappa shape index (κ2) is 11.2. The summed E-state index contributed by atoms with van der Waals surface area (Å²) in [5.41, 5.74) is 0.758. The second-order valence-corrected chi connectivity index (χ2v) is 9.70. The van der Waals surface area contributed by atoms with Crippen molar-refractivity contribution in [3.63, 3.8) is 0 Å². The molecule has 3 aromatic rings. The van der Waals surface area contributed by atoms with E-state index in [2.05, 4.69) is 20.8 Å². The van der Waals surface area contributed by atoms with Gasteiger partial charge in [0.15, 0.2) is 5.15 Å². The molecule has 7 nitrogen and oxygen atoms in total. The number of alkyl halides is 3. The first-order valence-electron chi connectivity index (χ1n) is 11.3. The molecule has 196 valence electrons. The van der Waals surface area contributed by atoms with Gasteiger partial charge < -0.3 is 15.4 Å². The molecule has 0 aliphatic rings. The topological polar surface area (TPSA) is 93.2 Å². The molecule has 0 spiro atoms. The van der Waals surface area contributed by atoms with Gasteiger partial charge in [-0.05, 0) is 68.1 Å². The Morgan fingerprint density at radius 1 is 1.05 bits per heavy atom. The molecule has 1 aromatic heterocycles. The highest BCUT2D eigenvalue weighted by molar-refractivity contribution is 6.29. The normalized spacial score (nSPS) is 12.5. The van der Waals surface area contributed by atoms with Gasteiger partial charge in [0.1, 0.15) is 5.60 Å². The molecule has 11 heteroatoms. The van der Waals surface area contributed by atoms with Crippen LogP contribution in [0.15, 0.2) is 54.7 Å². The molecule has 0 aliphatic carbocycles. The third kappa shape index (κ3) is 7.91. The number of rotatable bonds is 6. The van der Waals surface area contributed by atoms with Crippen molar-refractivity contribution in [2.45, 2.75) is 52.1 Å². The van der Waals surface area contributed by atoms with Gasteiger partial charge in [0.25, 0.3) is 5.91 Å². The molecule has 0 bridgehead atoms. The Bertz CT molecular complexity index is 1280. The highest BCUT2D eigenvalue weighted by atomic mass is 35.5. The van der Waals surface area contributed by atoms with Crippen LogP contribution in [0.1, 0.15) is 60.8 Å². The maximum absolute atomic E-state index is 13.4. The van der Waals surface area contributed by atoms with E-state index in [4.69, 9.17) is 16.3 Å². The molecule has 2 N–H and O–H groups in total. The lowest BCUT2D eigenvalue weighted by Gasteiger charge is -2.20. The number of alkyl carbamates (subject to hydrolysis) is 1. The van der Waals surface area contributed by atoms with Crippen molar-refractivity contribution in [1.82, 2.24) is 20.8 Å². The number of hydrogen-bond acceptors (Lipinski definition) is 5. The lowest BCUT2D eigenvalue weighted by Crippen LogP contribution is -2.32. The minimum atomic E-state index is -4.53. The monoisotopic (exact) mass is 534 g/mol. The van der Waals surface area contributed by atoms with Crippen LogP contribution in [0.25, 0.3) is 11.1 Å². The Morgan fingerprint density at radius 2 is 1.73 bits per heavy atom. The van der Waals surface area contributed by atoms with Gasteiger partial charge in [-0.1, -0.05) is 41.9 Å². The van der Waals surface area contributed by atoms with Crippen molar-refractivity contribution in [2.75, 3.05) is 0 Å². The van der Waals surface area contributed by atoms with Gasteiger partial charge in [-0.3, -0.25) is 4.79 Å². The number of benzene rings is 2. The van der Waals surface area contributed by atoms with Crippen molar-refractivity contribution in [3.05, 3.63) is 82.1 Å². The molecular formula is C26H26ClF3N4O3. The van der Waals surface area contributed by atoms with Crippen molar-refractivity contribution >= 4 is 23.6 Å². The zero-order chi connectivity index (χ0) is 27.4. The van der Waals surface area contributed by atoms with Crippen LogP contribution in [0.3, 0.4) is 0 Å². The highest BCUT2D eigenvalue weighted by Crippen LogP contribution is 2.34. The molecule has 0 saturated heterocycles. The van der Waals surface area contributed by atoms with E-state index in [0.717, 1.165) is 17.7 Å². The number of halogens is 4. The molecule has 2 aromatic carbocycles. The fourth-order valence-corrected chi connectivity index (χ4v) is 3.60. The summed E-state index contributed by atoms with van der Waals surface area (Å²) in [6, 6.07) is 11.1. The predicted octanol–water partition coefficient (Wildman–Crippen LogP) is 6.33. The first-order chi connectivity index (χ1) is 17.2. The van der Waals surface area contributed by atoms with Crippen LogP contribution in [0.4, 0.5) is 18.0 Å². The van der Waals surface area contributed by atoms with E-state index < -0.39 is 35.4 Å². The quantitative estimate of drug-likeness (QED) is 0.385. The third-order valence-electron chi connectivity index (χ3n) is 5.22. The average molecular weight is 535 g/mol. The molecular weight excluding hydrogens is 509 g/mol. The maximum Gasteiger partial charge on any atom is 0.416 e. The molecule has 1 heterocycles.